The molecule has 2 nitrogen and oxygen atoms in total. The predicted octanol–water partition coefficient (Wildman–Crippen LogP) is 3.35. The normalized spacial score (nSPS) is 30.9. The number of nitrogens with one attached hydrogen (secondary N) is 1. The Kier molecular flexibility index (Phi) is 3.70. The highest BCUT2D eigenvalue weighted by Gasteiger charge is 2.44. The van der Waals surface area contributed by atoms with Crippen molar-refractivity contribution in [1.29, 1.82) is 0 Å². The van der Waals surface area contributed by atoms with Gasteiger partial charge in [0, 0.05) is 10.1 Å². The molecule has 1 aliphatic heterocycles. The fourth-order valence-corrected chi connectivity index (χ4v) is 5.96. The van der Waals surface area contributed by atoms with E-state index in [0.29, 0.717) is 5.25 Å². The topological polar surface area (TPSA) is 24.9 Å². The molecule has 4 heteroatoms. The molecule has 2 unspecified atom stereocenters. The van der Waals surface area contributed by atoms with E-state index in [4.69, 9.17) is 4.98 Å². The second-order valence-corrected chi connectivity index (χ2v) is 7.94. The van der Waals surface area contributed by atoms with Gasteiger partial charge in [-0.3, -0.25) is 0 Å². The molecular weight excluding hydrogens is 260 g/mol. The van der Waals surface area contributed by atoms with Gasteiger partial charge in [-0.05, 0) is 44.4 Å². The van der Waals surface area contributed by atoms with Gasteiger partial charge < -0.3 is 5.32 Å². The lowest BCUT2D eigenvalue weighted by atomic mass is 9.93. The molecule has 1 fully saturated rings. The Morgan fingerprint density at radius 3 is 3.00 bits per heavy atom. The highest BCUT2D eigenvalue weighted by atomic mass is 32.2. The van der Waals surface area contributed by atoms with E-state index in [-0.39, 0.29) is 5.54 Å². The van der Waals surface area contributed by atoms with Gasteiger partial charge in [-0.25, -0.2) is 4.98 Å². The predicted molar refractivity (Wildman–Crippen MR) is 80.6 cm³/mol. The van der Waals surface area contributed by atoms with E-state index in [1.165, 1.54) is 48.6 Å². The molecule has 2 atom stereocenters. The third-order valence-electron chi connectivity index (χ3n) is 4.23. The van der Waals surface area contributed by atoms with Gasteiger partial charge in [0.25, 0.3) is 0 Å². The van der Waals surface area contributed by atoms with Gasteiger partial charge in [-0.15, -0.1) is 11.3 Å². The van der Waals surface area contributed by atoms with Crippen LogP contribution in [-0.4, -0.2) is 22.5 Å². The largest absolute Gasteiger partial charge is 0.304 e. The summed E-state index contributed by atoms with van der Waals surface area (Å²) < 4.78 is 0. The molecule has 0 spiro atoms. The molecular formula is C14H22N2S2. The molecule has 0 aromatic carbocycles. The Balaban J connectivity index is 1.92. The van der Waals surface area contributed by atoms with Crippen molar-refractivity contribution in [2.45, 2.75) is 56.7 Å². The van der Waals surface area contributed by atoms with Crippen molar-refractivity contribution >= 4 is 23.1 Å². The number of thiazole rings is 1. The smallest absolute Gasteiger partial charge is 0.114 e. The van der Waals surface area contributed by atoms with Crippen LogP contribution in [0.15, 0.2) is 0 Å². The zero-order valence-electron chi connectivity index (χ0n) is 11.3. The summed E-state index contributed by atoms with van der Waals surface area (Å²) in [6.45, 7) is 5.72. The summed E-state index contributed by atoms with van der Waals surface area (Å²) in [6, 6.07) is 0. The van der Waals surface area contributed by atoms with Crippen LogP contribution in [0.3, 0.4) is 0 Å². The van der Waals surface area contributed by atoms with Gasteiger partial charge in [0.15, 0.2) is 0 Å². The van der Waals surface area contributed by atoms with Crippen molar-refractivity contribution < 1.29 is 0 Å². The molecule has 2 aliphatic rings. The van der Waals surface area contributed by atoms with Crippen molar-refractivity contribution in [3.8, 4) is 0 Å². The number of hydrogen-bond donors (Lipinski definition) is 1. The van der Waals surface area contributed by atoms with E-state index >= 15 is 0 Å². The Bertz CT molecular complexity index is 408. The van der Waals surface area contributed by atoms with Crippen LogP contribution in [0.25, 0.3) is 0 Å². The average molecular weight is 282 g/mol. The molecule has 0 bridgehead atoms. The van der Waals surface area contributed by atoms with Crippen LogP contribution in [0.5, 0.6) is 0 Å². The zero-order chi connectivity index (χ0) is 12.6. The minimum atomic E-state index is 0.162. The van der Waals surface area contributed by atoms with Crippen molar-refractivity contribution in [3.05, 3.63) is 15.6 Å². The SMILES string of the molecule is CCCNC1(c2nc3c(s2)CCC3)CCSC1C. The summed E-state index contributed by atoms with van der Waals surface area (Å²) in [5.74, 6) is 1.27. The molecule has 18 heavy (non-hydrogen) atoms. The molecule has 0 radical (unpaired) electrons. The molecule has 2 heterocycles. The third kappa shape index (κ3) is 2.02. The first-order valence-corrected chi connectivity index (χ1v) is 8.98. The van der Waals surface area contributed by atoms with E-state index < -0.39 is 0 Å². The quantitative estimate of drug-likeness (QED) is 0.916. The Labute approximate surface area is 118 Å². The van der Waals surface area contributed by atoms with Gasteiger partial charge in [0.1, 0.15) is 5.01 Å². The first kappa shape index (κ1) is 12.9. The average Bonchev–Trinajstić information content (AvgIpc) is 3.00. The molecule has 3 rings (SSSR count). The maximum Gasteiger partial charge on any atom is 0.114 e. The fraction of sp³-hybridized carbons (Fsp3) is 0.786. The second-order valence-electron chi connectivity index (χ2n) is 5.40. The van der Waals surface area contributed by atoms with Crippen LogP contribution in [-0.2, 0) is 18.4 Å². The van der Waals surface area contributed by atoms with Crippen LogP contribution in [0.2, 0.25) is 0 Å². The highest BCUT2D eigenvalue weighted by Crippen LogP contribution is 2.45. The van der Waals surface area contributed by atoms with Crippen molar-refractivity contribution in [3.63, 3.8) is 0 Å². The molecule has 0 saturated carbocycles. The molecule has 1 aromatic heterocycles. The first-order chi connectivity index (χ1) is 8.76. The van der Waals surface area contributed by atoms with Gasteiger partial charge >= 0.3 is 0 Å². The monoisotopic (exact) mass is 282 g/mol. The summed E-state index contributed by atoms with van der Waals surface area (Å²) in [5, 5.41) is 5.85. The lowest BCUT2D eigenvalue weighted by molar-refractivity contribution is 0.333. The Morgan fingerprint density at radius 1 is 1.44 bits per heavy atom. The number of nitrogens with zero attached hydrogens (tertiary/aromatic N) is 1. The number of rotatable bonds is 4. The molecule has 1 aromatic rings. The number of aryl methyl sites for hydroxylation is 2. The third-order valence-corrected chi connectivity index (χ3v) is 6.90. The van der Waals surface area contributed by atoms with Gasteiger partial charge in [0.05, 0.1) is 11.2 Å². The molecule has 0 amide bonds. The fourth-order valence-electron chi connectivity index (χ4n) is 3.06. The van der Waals surface area contributed by atoms with Crippen molar-refractivity contribution in [2.75, 3.05) is 12.3 Å². The Morgan fingerprint density at radius 2 is 2.33 bits per heavy atom. The summed E-state index contributed by atoms with van der Waals surface area (Å²) in [6.07, 6.45) is 6.22. The second kappa shape index (κ2) is 5.14. The number of aromatic nitrogens is 1. The lowest BCUT2D eigenvalue weighted by Gasteiger charge is -2.32. The summed E-state index contributed by atoms with van der Waals surface area (Å²) in [5.41, 5.74) is 1.56. The van der Waals surface area contributed by atoms with E-state index in [1.807, 2.05) is 11.3 Å². The summed E-state index contributed by atoms with van der Waals surface area (Å²) in [4.78, 5) is 6.55. The van der Waals surface area contributed by atoms with Gasteiger partial charge in [-0.1, -0.05) is 13.8 Å². The molecule has 1 aliphatic carbocycles. The number of fused-ring (bicyclic) bond motifs is 1. The first-order valence-electron chi connectivity index (χ1n) is 7.12. The van der Waals surface area contributed by atoms with Gasteiger partial charge in [0.2, 0.25) is 0 Å². The Hall–Kier alpha value is -0.0600. The number of thioether (sulfide) groups is 1. The van der Waals surface area contributed by atoms with Crippen LogP contribution in [0.4, 0.5) is 0 Å². The van der Waals surface area contributed by atoms with Crippen LogP contribution in [0, 0.1) is 0 Å². The summed E-state index contributed by atoms with van der Waals surface area (Å²) in [7, 11) is 0. The maximum absolute atomic E-state index is 4.99. The molecule has 1 saturated heterocycles. The summed E-state index contributed by atoms with van der Waals surface area (Å²) >= 11 is 4.08. The van der Waals surface area contributed by atoms with Crippen LogP contribution in [0.1, 0.15) is 48.7 Å². The minimum Gasteiger partial charge on any atom is -0.304 e. The molecule has 1 N–H and O–H groups in total. The lowest BCUT2D eigenvalue weighted by Crippen LogP contribution is -2.47. The zero-order valence-corrected chi connectivity index (χ0v) is 12.9. The van der Waals surface area contributed by atoms with Gasteiger partial charge in [-0.2, -0.15) is 11.8 Å². The van der Waals surface area contributed by atoms with Crippen LogP contribution < -0.4 is 5.32 Å². The molecule has 100 valence electrons. The van der Waals surface area contributed by atoms with E-state index in [1.54, 1.807) is 4.88 Å². The number of hydrogen-bond acceptors (Lipinski definition) is 4. The van der Waals surface area contributed by atoms with E-state index in [2.05, 4.69) is 30.9 Å². The van der Waals surface area contributed by atoms with Crippen molar-refractivity contribution in [2.24, 2.45) is 0 Å². The van der Waals surface area contributed by atoms with Crippen molar-refractivity contribution in [1.82, 2.24) is 10.3 Å². The maximum atomic E-state index is 4.99. The van der Waals surface area contributed by atoms with Crippen LogP contribution >= 0.6 is 23.1 Å². The minimum absolute atomic E-state index is 0.162. The van der Waals surface area contributed by atoms with E-state index in [0.717, 1.165) is 6.54 Å². The highest BCUT2D eigenvalue weighted by molar-refractivity contribution is 8.00. The van der Waals surface area contributed by atoms with E-state index in [9.17, 15) is 0 Å². The standard InChI is InChI=1S/C14H22N2S2/c1-3-8-15-14(7-9-17-10(14)2)13-16-11-5-4-6-12(11)18-13/h10,15H,3-9H2,1-2H3.